The Morgan fingerprint density at radius 3 is 2.33 bits per heavy atom. The van der Waals surface area contributed by atoms with E-state index < -0.39 is 5.91 Å². The second-order valence-electron chi connectivity index (χ2n) is 5.79. The summed E-state index contributed by atoms with van der Waals surface area (Å²) in [6, 6.07) is 11.7. The molecule has 0 fully saturated rings. The van der Waals surface area contributed by atoms with Crippen molar-refractivity contribution in [2.45, 2.75) is 19.6 Å². The van der Waals surface area contributed by atoms with E-state index in [-0.39, 0.29) is 17.4 Å². The molecule has 27 heavy (non-hydrogen) atoms. The Labute approximate surface area is 162 Å². The lowest BCUT2D eigenvalue weighted by molar-refractivity contribution is -0.113. The minimum atomic E-state index is -0.513. The maximum Gasteiger partial charge on any atom is 0.248 e. The zero-order valence-electron chi connectivity index (χ0n) is 15.3. The van der Waals surface area contributed by atoms with Crippen molar-refractivity contribution in [3.8, 4) is 5.75 Å². The summed E-state index contributed by atoms with van der Waals surface area (Å²) in [4.78, 5) is 34.7. The number of primary amides is 1. The van der Waals surface area contributed by atoms with Crippen molar-refractivity contribution in [2.75, 3.05) is 17.7 Å². The highest BCUT2D eigenvalue weighted by molar-refractivity contribution is 7.99. The second-order valence-corrected chi connectivity index (χ2v) is 6.78. The Balaban J connectivity index is 1.92. The molecule has 0 unspecified atom stereocenters. The van der Waals surface area contributed by atoms with Crippen molar-refractivity contribution in [1.29, 1.82) is 0 Å². The Morgan fingerprint density at radius 2 is 1.74 bits per heavy atom. The maximum atomic E-state index is 12.1. The van der Waals surface area contributed by atoms with Gasteiger partial charge in [0.2, 0.25) is 11.8 Å². The standard InChI is InChI=1S/C20H22N2O4S/c1-3-26-18-9-6-15(13(2)23)10-16(18)11-27-12-19(24)22-17-7-4-14(5-8-17)20(21)25/h4-10H,3,11-12H2,1-2H3,(H2,21,25)(H,22,24). The fourth-order valence-electron chi connectivity index (χ4n) is 2.38. The van der Waals surface area contributed by atoms with Gasteiger partial charge in [0.25, 0.3) is 0 Å². The van der Waals surface area contributed by atoms with Gasteiger partial charge in [-0.15, -0.1) is 11.8 Å². The van der Waals surface area contributed by atoms with Gasteiger partial charge in [-0.25, -0.2) is 0 Å². The third-order valence-corrected chi connectivity index (χ3v) is 4.69. The number of nitrogens with one attached hydrogen (secondary N) is 1. The van der Waals surface area contributed by atoms with Crippen LogP contribution in [0.1, 0.15) is 40.1 Å². The lowest BCUT2D eigenvalue weighted by atomic mass is 10.1. The monoisotopic (exact) mass is 386 g/mol. The largest absolute Gasteiger partial charge is 0.494 e. The van der Waals surface area contributed by atoms with Gasteiger partial charge in [-0.3, -0.25) is 14.4 Å². The molecule has 0 spiro atoms. The second kappa shape index (κ2) is 9.78. The molecular weight excluding hydrogens is 364 g/mol. The molecule has 0 aromatic heterocycles. The van der Waals surface area contributed by atoms with Crippen LogP contribution in [0.5, 0.6) is 5.75 Å². The molecule has 142 valence electrons. The van der Waals surface area contributed by atoms with E-state index in [9.17, 15) is 14.4 Å². The molecule has 2 amide bonds. The molecule has 0 atom stereocenters. The van der Waals surface area contributed by atoms with Gasteiger partial charge in [0.15, 0.2) is 5.78 Å². The van der Waals surface area contributed by atoms with Crippen LogP contribution in [0.2, 0.25) is 0 Å². The van der Waals surface area contributed by atoms with Crippen molar-refractivity contribution in [3.63, 3.8) is 0 Å². The molecule has 0 aliphatic carbocycles. The third kappa shape index (κ3) is 6.14. The SMILES string of the molecule is CCOc1ccc(C(C)=O)cc1CSCC(=O)Nc1ccc(C(N)=O)cc1. The van der Waals surface area contributed by atoms with Gasteiger partial charge in [0.05, 0.1) is 12.4 Å². The van der Waals surface area contributed by atoms with Crippen LogP contribution in [0, 0.1) is 0 Å². The van der Waals surface area contributed by atoms with Crippen LogP contribution in [0.25, 0.3) is 0 Å². The quantitative estimate of drug-likeness (QED) is 0.645. The number of anilines is 1. The first-order valence-electron chi connectivity index (χ1n) is 8.44. The van der Waals surface area contributed by atoms with Crippen LogP contribution in [0.4, 0.5) is 5.69 Å². The lowest BCUT2D eigenvalue weighted by Gasteiger charge is -2.11. The Bertz CT molecular complexity index is 834. The van der Waals surface area contributed by atoms with E-state index in [4.69, 9.17) is 10.5 Å². The van der Waals surface area contributed by atoms with Gasteiger partial charge in [-0.2, -0.15) is 0 Å². The number of Topliss-reactive ketones (excluding diaryl/α,β-unsaturated/α-hetero) is 1. The predicted molar refractivity (Wildman–Crippen MR) is 107 cm³/mol. The number of ether oxygens (including phenoxy) is 1. The number of carbonyl (C=O) groups excluding carboxylic acids is 3. The number of thioether (sulfide) groups is 1. The first kappa shape index (κ1) is 20.5. The minimum absolute atomic E-state index is 0.0125. The van der Waals surface area contributed by atoms with Crippen LogP contribution in [-0.2, 0) is 10.5 Å². The number of benzene rings is 2. The number of nitrogens with two attached hydrogens (primary N) is 1. The third-order valence-electron chi connectivity index (χ3n) is 3.71. The highest BCUT2D eigenvalue weighted by Gasteiger charge is 2.10. The average Bonchev–Trinajstić information content (AvgIpc) is 2.63. The van der Waals surface area contributed by atoms with Crippen LogP contribution >= 0.6 is 11.8 Å². The first-order chi connectivity index (χ1) is 12.9. The van der Waals surface area contributed by atoms with E-state index in [0.717, 1.165) is 11.3 Å². The van der Waals surface area contributed by atoms with Gasteiger partial charge >= 0.3 is 0 Å². The molecule has 3 N–H and O–H groups in total. The molecule has 0 aliphatic rings. The molecule has 0 heterocycles. The molecule has 6 nitrogen and oxygen atoms in total. The summed E-state index contributed by atoms with van der Waals surface area (Å²) < 4.78 is 5.59. The van der Waals surface area contributed by atoms with Crippen molar-refractivity contribution < 1.29 is 19.1 Å². The summed E-state index contributed by atoms with van der Waals surface area (Å²) in [6.45, 7) is 3.94. The van der Waals surface area contributed by atoms with Gasteiger partial charge in [-0.05, 0) is 56.3 Å². The molecule has 7 heteroatoms. The Morgan fingerprint density at radius 1 is 1.07 bits per heavy atom. The maximum absolute atomic E-state index is 12.1. The van der Waals surface area contributed by atoms with Gasteiger partial charge in [0.1, 0.15) is 5.75 Å². The zero-order valence-corrected chi connectivity index (χ0v) is 16.1. The first-order valence-corrected chi connectivity index (χ1v) is 9.60. The van der Waals surface area contributed by atoms with Gasteiger partial charge in [0, 0.05) is 28.1 Å². The summed E-state index contributed by atoms with van der Waals surface area (Å²) in [5.74, 6) is 0.825. The summed E-state index contributed by atoms with van der Waals surface area (Å²) in [5.41, 5.74) is 7.67. The van der Waals surface area contributed by atoms with Crippen molar-refractivity contribution in [2.24, 2.45) is 5.73 Å². The fraction of sp³-hybridized carbons (Fsp3) is 0.250. The van der Waals surface area contributed by atoms with Crippen LogP contribution in [0.15, 0.2) is 42.5 Å². The van der Waals surface area contributed by atoms with Crippen molar-refractivity contribution in [3.05, 3.63) is 59.2 Å². The van der Waals surface area contributed by atoms with E-state index in [1.54, 1.807) is 42.5 Å². The van der Waals surface area contributed by atoms with E-state index in [2.05, 4.69) is 5.32 Å². The van der Waals surface area contributed by atoms with E-state index in [1.165, 1.54) is 18.7 Å². The molecule has 0 bridgehead atoms. The number of rotatable bonds is 9. The number of hydrogen-bond donors (Lipinski definition) is 2. The van der Waals surface area contributed by atoms with Gasteiger partial charge < -0.3 is 15.8 Å². The van der Waals surface area contributed by atoms with Crippen molar-refractivity contribution in [1.82, 2.24) is 0 Å². The van der Waals surface area contributed by atoms with Crippen molar-refractivity contribution >= 4 is 35.0 Å². The highest BCUT2D eigenvalue weighted by Crippen LogP contribution is 2.25. The lowest BCUT2D eigenvalue weighted by Crippen LogP contribution is -2.15. The molecule has 0 saturated carbocycles. The molecular formula is C20H22N2O4S. The van der Waals surface area contributed by atoms with E-state index in [1.807, 2.05) is 6.92 Å². The smallest absolute Gasteiger partial charge is 0.248 e. The summed E-state index contributed by atoms with van der Waals surface area (Å²) >= 11 is 1.42. The Hall–Kier alpha value is -2.80. The zero-order chi connectivity index (χ0) is 19.8. The fourth-order valence-corrected chi connectivity index (χ4v) is 3.18. The normalized spacial score (nSPS) is 10.3. The molecule has 2 rings (SSSR count). The van der Waals surface area contributed by atoms with Crippen LogP contribution in [0.3, 0.4) is 0 Å². The Kier molecular flexibility index (Phi) is 7.43. The molecule has 0 radical (unpaired) electrons. The summed E-state index contributed by atoms with van der Waals surface area (Å²) in [7, 11) is 0. The highest BCUT2D eigenvalue weighted by atomic mass is 32.2. The molecule has 2 aromatic carbocycles. The molecule has 0 aliphatic heterocycles. The summed E-state index contributed by atoms with van der Waals surface area (Å²) in [5, 5.41) is 2.77. The van der Waals surface area contributed by atoms with Gasteiger partial charge in [-0.1, -0.05) is 0 Å². The predicted octanol–water partition coefficient (Wildman–Crippen LogP) is 3.26. The molecule has 2 aromatic rings. The minimum Gasteiger partial charge on any atom is -0.494 e. The topological polar surface area (TPSA) is 98.5 Å². The van der Waals surface area contributed by atoms with E-state index >= 15 is 0 Å². The molecule has 0 saturated heterocycles. The summed E-state index contributed by atoms with van der Waals surface area (Å²) in [6.07, 6.45) is 0. The average molecular weight is 386 g/mol. The van der Waals surface area contributed by atoms with E-state index in [0.29, 0.717) is 29.2 Å². The van der Waals surface area contributed by atoms with Crippen LogP contribution < -0.4 is 15.8 Å². The number of ketones is 1. The van der Waals surface area contributed by atoms with Crippen LogP contribution in [-0.4, -0.2) is 30.0 Å². The number of amides is 2. The number of hydrogen-bond acceptors (Lipinski definition) is 5. The number of carbonyl (C=O) groups is 3.